The minimum absolute atomic E-state index is 0.142. The summed E-state index contributed by atoms with van der Waals surface area (Å²) < 4.78 is 0. The SMILES string of the molecule is Cc1ccc(C(=O)N2CCSC2c2cccs2)cc1. The van der Waals surface area contributed by atoms with E-state index in [0.717, 1.165) is 17.9 Å². The van der Waals surface area contributed by atoms with Gasteiger partial charge in [-0.15, -0.1) is 23.1 Å². The van der Waals surface area contributed by atoms with E-state index in [1.165, 1.54) is 10.4 Å². The van der Waals surface area contributed by atoms with Crippen molar-refractivity contribution in [2.75, 3.05) is 12.3 Å². The molecule has 0 N–H and O–H groups in total. The molecule has 1 aliphatic heterocycles. The lowest BCUT2D eigenvalue weighted by atomic mass is 10.1. The molecule has 2 heterocycles. The highest BCUT2D eigenvalue weighted by atomic mass is 32.2. The molecule has 19 heavy (non-hydrogen) atoms. The Morgan fingerprint density at radius 1 is 1.26 bits per heavy atom. The number of nitrogens with zero attached hydrogens (tertiary/aromatic N) is 1. The summed E-state index contributed by atoms with van der Waals surface area (Å²) in [6.45, 7) is 2.87. The van der Waals surface area contributed by atoms with E-state index in [1.807, 2.05) is 53.9 Å². The van der Waals surface area contributed by atoms with E-state index in [1.54, 1.807) is 11.3 Å². The van der Waals surface area contributed by atoms with Crippen molar-refractivity contribution >= 4 is 29.0 Å². The molecular weight excluding hydrogens is 274 g/mol. The first-order valence-corrected chi connectivity index (χ1v) is 8.21. The first kappa shape index (κ1) is 12.8. The van der Waals surface area contributed by atoms with Crippen LogP contribution in [0.15, 0.2) is 41.8 Å². The fourth-order valence-electron chi connectivity index (χ4n) is 2.21. The van der Waals surface area contributed by atoms with Gasteiger partial charge in [0.15, 0.2) is 0 Å². The molecular formula is C15H15NOS2. The highest BCUT2D eigenvalue weighted by Gasteiger charge is 2.31. The zero-order valence-electron chi connectivity index (χ0n) is 10.7. The molecule has 1 amide bonds. The van der Waals surface area contributed by atoms with Crippen LogP contribution in [0.4, 0.5) is 0 Å². The maximum absolute atomic E-state index is 12.6. The van der Waals surface area contributed by atoms with Crippen LogP contribution in [0.2, 0.25) is 0 Å². The van der Waals surface area contributed by atoms with Crippen molar-refractivity contribution < 1.29 is 4.79 Å². The second-order valence-corrected chi connectivity index (χ2v) is 6.77. The summed E-state index contributed by atoms with van der Waals surface area (Å²) in [5, 5.41) is 2.26. The number of thioether (sulfide) groups is 1. The molecule has 1 atom stereocenters. The second kappa shape index (κ2) is 5.39. The van der Waals surface area contributed by atoms with Crippen LogP contribution < -0.4 is 0 Å². The second-order valence-electron chi connectivity index (χ2n) is 4.60. The van der Waals surface area contributed by atoms with E-state index in [9.17, 15) is 4.79 Å². The predicted octanol–water partition coefficient (Wildman–Crippen LogP) is 3.94. The van der Waals surface area contributed by atoms with E-state index in [2.05, 4.69) is 11.4 Å². The van der Waals surface area contributed by atoms with E-state index >= 15 is 0 Å². The van der Waals surface area contributed by atoms with Crippen LogP contribution in [0.5, 0.6) is 0 Å². The Bertz CT molecular complexity index is 562. The largest absolute Gasteiger partial charge is 0.321 e. The third-order valence-corrected chi connectivity index (χ3v) is 5.55. The van der Waals surface area contributed by atoms with Crippen LogP contribution in [-0.2, 0) is 0 Å². The molecule has 1 aromatic heterocycles. The van der Waals surface area contributed by atoms with Gasteiger partial charge in [-0.25, -0.2) is 0 Å². The third kappa shape index (κ3) is 2.55. The smallest absolute Gasteiger partial charge is 0.255 e. The highest BCUT2D eigenvalue weighted by Crippen LogP contribution is 2.40. The summed E-state index contributed by atoms with van der Waals surface area (Å²) in [4.78, 5) is 15.8. The Morgan fingerprint density at radius 2 is 2.05 bits per heavy atom. The van der Waals surface area contributed by atoms with E-state index in [0.29, 0.717) is 0 Å². The van der Waals surface area contributed by atoms with Gasteiger partial charge in [0.2, 0.25) is 0 Å². The molecule has 4 heteroatoms. The summed E-state index contributed by atoms with van der Waals surface area (Å²) in [5.41, 5.74) is 1.97. The number of carbonyl (C=O) groups is 1. The molecule has 1 aromatic carbocycles. The molecule has 2 nitrogen and oxygen atoms in total. The molecule has 0 bridgehead atoms. The van der Waals surface area contributed by atoms with Gasteiger partial charge in [-0.1, -0.05) is 23.8 Å². The van der Waals surface area contributed by atoms with Crippen LogP contribution in [0.25, 0.3) is 0 Å². The van der Waals surface area contributed by atoms with Crippen molar-refractivity contribution in [1.29, 1.82) is 0 Å². The molecule has 1 aliphatic rings. The first-order chi connectivity index (χ1) is 9.25. The Kier molecular flexibility index (Phi) is 3.62. The number of hydrogen-bond acceptors (Lipinski definition) is 3. The average molecular weight is 289 g/mol. The van der Waals surface area contributed by atoms with Gasteiger partial charge in [0, 0.05) is 22.7 Å². The van der Waals surface area contributed by atoms with Crippen LogP contribution in [0, 0.1) is 6.92 Å². The first-order valence-electron chi connectivity index (χ1n) is 6.28. The molecule has 1 fully saturated rings. The van der Waals surface area contributed by atoms with E-state index < -0.39 is 0 Å². The van der Waals surface area contributed by atoms with Crippen molar-refractivity contribution in [2.45, 2.75) is 12.3 Å². The quantitative estimate of drug-likeness (QED) is 0.834. The van der Waals surface area contributed by atoms with Crippen LogP contribution in [0.1, 0.15) is 26.2 Å². The third-order valence-electron chi connectivity index (χ3n) is 3.24. The summed E-state index contributed by atoms with van der Waals surface area (Å²) >= 11 is 3.57. The standard InChI is InChI=1S/C15H15NOS2/c1-11-4-6-12(7-5-11)14(17)16-8-10-19-15(16)13-3-2-9-18-13/h2-7,9,15H,8,10H2,1H3. The molecule has 0 aliphatic carbocycles. The van der Waals surface area contributed by atoms with Crippen molar-refractivity contribution in [2.24, 2.45) is 0 Å². The zero-order valence-corrected chi connectivity index (χ0v) is 12.3. The number of benzene rings is 1. The van der Waals surface area contributed by atoms with Gasteiger partial charge in [0.1, 0.15) is 5.37 Å². The molecule has 1 saturated heterocycles. The topological polar surface area (TPSA) is 20.3 Å². The normalized spacial score (nSPS) is 18.8. The van der Waals surface area contributed by atoms with Gasteiger partial charge in [0.05, 0.1) is 0 Å². The van der Waals surface area contributed by atoms with Gasteiger partial charge in [-0.05, 0) is 30.5 Å². The summed E-state index contributed by atoms with van der Waals surface area (Å²) in [6, 6.07) is 12.0. The Balaban J connectivity index is 1.84. The van der Waals surface area contributed by atoms with Crippen LogP contribution in [0.3, 0.4) is 0 Å². The average Bonchev–Trinajstić information content (AvgIpc) is 3.09. The maximum Gasteiger partial charge on any atom is 0.255 e. The molecule has 1 unspecified atom stereocenters. The van der Waals surface area contributed by atoms with E-state index in [-0.39, 0.29) is 11.3 Å². The molecule has 0 spiro atoms. The lowest BCUT2D eigenvalue weighted by molar-refractivity contribution is 0.0762. The number of thiophene rings is 1. The maximum atomic E-state index is 12.6. The van der Waals surface area contributed by atoms with Crippen molar-refractivity contribution in [1.82, 2.24) is 4.90 Å². The molecule has 2 aromatic rings. The summed E-state index contributed by atoms with van der Waals surface area (Å²) in [5.74, 6) is 1.16. The minimum atomic E-state index is 0.142. The van der Waals surface area contributed by atoms with Crippen molar-refractivity contribution in [3.8, 4) is 0 Å². The minimum Gasteiger partial charge on any atom is -0.321 e. The monoisotopic (exact) mass is 289 g/mol. The lowest BCUT2D eigenvalue weighted by Crippen LogP contribution is -2.30. The highest BCUT2D eigenvalue weighted by molar-refractivity contribution is 7.99. The fourth-order valence-corrected chi connectivity index (χ4v) is 4.44. The zero-order chi connectivity index (χ0) is 13.2. The van der Waals surface area contributed by atoms with Gasteiger partial charge in [0.25, 0.3) is 5.91 Å². The molecule has 0 saturated carbocycles. The lowest BCUT2D eigenvalue weighted by Gasteiger charge is -2.23. The molecule has 3 rings (SSSR count). The summed E-state index contributed by atoms with van der Waals surface area (Å²) in [6.07, 6.45) is 0. The number of rotatable bonds is 2. The van der Waals surface area contributed by atoms with Gasteiger partial charge >= 0.3 is 0 Å². The Labute approximate surface area is 121 Å². The van der Waals surface area contributed by atoms with Crippen LogP contribution >= 0.6 is 23.1 Å². The number of carbonyl (C=O) groups excluding carboxylic acids is 1. The predicted molar refractivity (Wildman–Crippen MR) is 81.7 cm³/mol. The number of amides is 1. The Hall–Kier alpha value is -1.26. The number of hydrogen-bond donors (Lipinski definition) is 0. The van der Waals surface area contributed by atoms with E-state index in [4.69, 9.17) is 0 Å². The molecule has 0 radical (unpaired) electrons. The van der Waals surface area contributed by atoms with Crippen LogP contribution in [-0.4, -0.2) is 23.1 Å². The Morgan fingerprint density at radius 3 is 2.74 bits per heavy atom. The fraction of sp³-hybridized carbons (Fsp3) is 0.267. The van der Waals surface area contributed by atoms with Gasteiger partial charge in [-0.2, -0.15) is 0 Å². The van der Waals surface area contributed by atoms with Gasteiger partial charge in [-0.3, -0.25) is 4.79 Å². The van der Waals surface area contributed by atoms with Crippen molar-refractivity contribution in [3.63, 3.8) is 0 Å². The summed E-state index contributed by atoms with van der Waals surface area (Å²) in [7, 11) is 0. The van der Waals surface area contributed by atoms with Gasteiger partial charge < -0.3 is 4.90 Å². The van der Waals surface area contributed by atoms with Crippen molar-refractivity contribution in [3.05, 3.63) is 57.8 Å². The molecule has 98 valence electrons. The number of aryl methyl sites for hydroxylation is 1.